The molecule has 10 heteroatoms. The zero-order chi connectivity index (χ0) is 22.9. The van der Waals surface area contributed by atoms with Gasteiger partial charge >= 0.3 is 0 Å². The molecule has 1 aromatic heterocycles. The molecule has 3 heterocycles. The third-order valence-electron chi connectivity index (χ3n) is 6.64. The van der Waals surface area contributed by atoms with Gasteiger partial charge in [-0.1, -0.05) is 6.92 Å². The Morgan fingerprint density at radius 2 is 1.97 bits per heavy atom. The SMILES string of the molecule is CCC1(C)CN2C(=N1)N(Cc1cnn(C)c1)C(=O)c1cc(S(=O)(=O)NC3(C)CC3)ccc12. The van der Waals surface area contributed by atoms with E-state index in [1.807, 2.05) is 25.1 Å². The lowest BCUT2D eigenvalue weighted by atomic mass is 10.00. The summed E-state index contributed by atoms with van der Waals surface area (Å²) < 4.78 is 30.4. The molecule has 2 aliphatic heterocycles. The van der Waals surface area contributed by atoms with Crippen molar-refractivity contribution in [3.05, 3.63) is 41.7 Å². The van der Waals surface area contributed by atoms with E-state index >= 15 is 0 Å². The van der Waals surface area contributed by atoms with Crippen LogP contribution in [0.4, 0.5) is 5.69 Å². The van der Waals surface area contributed by atoms with Crippen molar-refractivity contribution in [1.82, 2.24) is 19.4 Å². The largest absolute Gasteiger partial charge is 0.309 e. The average molecular weight is 457 g/mol. The highest BCUT2D eigenvalue weighted by Crippen LogP contribution is 2.39. The standard InChI is InChI=1S/C22H28N6O3S/c1-5-21(2)14-28-18-7-6-16(32(30,31)25-22(3)8-9-22)10-17(18)19(29)27(20(28)24-21)13-15-11-23-26(4)12-15/h6-7,10-12,25H,5,8-9,13-14H2,1-4H3. The number of aliphatic imine (C=N–C) groups is 1. The second-order valence-electron chi connectivity index (χ2n) is 9.61. The molecule has 0 spiro atoms. The first-order valence-corrected chi connectivity index (χ1v) is 12.4. The molecule has 0 bridgehead atoms. The summed E-state index contributed by atoms with van der Waals surface area (Å²) in [6.45, 7) is 6.99. The molecule has 170 valence electrons. The Morgan fingerprint density at radius 3 is 2.59 bits per heavy atom. The quantitative estimate of drug-likeness (QED) is 0.719. The number of nitrogens with one attached hydrogen (secondary N) is 1. The topological polar surface area (TPSA) is 99.9 Å². The van der Waals surface area contributed by atoms with Gasteiger partial charge in [-0.2, -0.15) is 5.10 Å². The third kappa shape index (κ3) is 3.51. The summed E-state index contributed by atoms with van der Waals surface area (Å²) in [5.74, 6) is 0.351. The highest BCUT2D eigenvalue weighted by Gasteiger charge is 2.45. The van der Waals surface area contributed by atoms with E-state index < -0.39 is 10.0 Å². The molecule has 5 rings (SSSR count). The number of fused-ring (bicyclic) bond motifs is 3. The molecule has 2 aromatic rings. The number of hydrogen-bond donors (Lipinski definition) is 1. The Labute approximate surface area is 188 Å². The van der Waals surface area contributed by atoms with E-state index in [4.69, 9.17) is 4.99 Å². The van der Waals surface area contributed by atoms with Crippen molar-refractivity contribution in [3.8, 4) is 0 Å². The van der Waals surface area contributed by atoms with Crippen molar-refractivity contribution in [3.63, 3.8) is 0 Å². The molecule has 1 amide bonds. The van der Waals surface area contributed by atoms with Gasteiger partial charge in [0.15, 0.2) is 0 Å². The molecule has 0 radical (unpaired) electrons. The van der Waals surface area contributed by atoms with Crippen LogP contribution in [0, 0.1) is 0 Å². The van der Waals surface area contributed by atoms with Crippen LogP contribution < -0.4 is 9.62 Å². The summed E-state index contributed by atoms with van der Waals surface area (Å²) in [5.41, 5.74) is 1.24. The summed E-state index contributed by atoms with van der Waals surface area (Å²) in [7, 11) is -1.89. The van der Waals surface area contributed by atoms with Gasteiger partial charge in [-0.15, -0.1) is 0 Å². The van der Waals surface area contributed by atoms with Crippen LogP contribution in [0.25, 0.3) is 0 Å². The number of anilines is 1. The van der Waals surface area contributed by atoms with Gasteiger partial charge in [0.05, 0.1) is 41.0 Å². The number of aromatic nitrogens is 2. The minimum Gasteiger partial charge on any atom is -0.309 e. The minimum absolute atomic E-state index is 0.108. The maximum absolute atomic E-state index is 13.6. The highest BCUT2D eigenvalue weighted by atomic mass is 32.2. The van der Waals surface area contributed by atoms with Crippen molar-refractivity contribution in [2.45, 2.75) is 62.6 Å². The molecule has 32 heavy (non-hydrogen) atoms. The first-order chi connectivity index (χ1) is 15.0. The Morgan fingerprint density at radius 1 is 1.22 bits per heavy atom. The predicted octanol–water partition coefficient (Wildman–Crippen LogP) is 2.25. The van der Waals surface area contributed by atoms with E-state index in [2.05, 4.69) is 23.7 Å². The summed E-state index contributed by atoms with van der Waals surface area (Å²) in [4.78, 5) is 22.3. The zero-order valence-electron chi connectivity index (χ0n) is 18.8. The maximum Gasteiger partial charge on any atom is 0.263 e. The van der Waals surface area contributed by atoms with Gasteiger partial charge in [0.25, 0.3) is 5.91 Å². The fraction of sp³-hybridized carbons (Fsp3) is 0.500. The number of guanidine groups is 1. The van der Waals surface area contributed by atoms with Gasteiger partial charge in [-0.05, 0) is 51.3 Å². The van der Waals surface area contributed by atoms with E-state index in [9.17, 15) is 13.2 Å². The molecule has 0 saturated heterocycles. The third-order valence-corrected chi connectivity index (χ3v) is 8.27. The van der Waals surface area contributed by atoms with Crippen LogP contribution in [0.3, 0.4) is 0 Å². The lowest BCUT2D eigenvalue weighted by Gasteiger charge is -2.36. The van der Waals surface area contributed by atoms with Gasteiger partial charge in [0.1, 0.15) is 0 Å². The van der Waals surface area contributed by atoms with Crippen molar-refractivity contribution in [1.29, 1.82) is 0 Å². The van der Waals surface area contributed by atoms with Gasteiger partial charge in [-0.25, -0.2) is 18.1 Å². The van der Waals surface area contributed by atoms with Crippen molar-refractivity contribution in [2.75, 3.05) is 11.4 Å². The zero-order valence-corrected chi connectivity index (χ0v) is 19.6. The highest BCUT2D eigenvalue weighted by molar-refractivity contribution is 7.89. The molecule has 1 saturated carbocycles. The number of nitrogens with zero attached hydrogens (tertiary/aromatic N) is 5. The Balaban J connectivity index is 1.57. The van der Waals surface area contributed by atoms with Crippen LogP contribution in [0.5, 0.6) is 0 Å². The van der Waals surface area contributed by atoms with Gasteiger partial charge in [0, 0.05) is 24.3 Å². The van der Waals surface area contributed by atoms with Crippen molar-refractivity contribution < 1.29 is 13.2 Å². The first-order valence-electron chi connectivity index (χ1n) is 10.9. The summed E-state index contributed by atoms with van der Waals surface area (Å²) in [5, 5.41) is 4.21. The Kier molecular flexibility index (Phi) is 4.55. The van der Waals surface area contributed by atoms with Crippen LogP contribution >= 0.6 is 0 Å². The van der Waals surface area contributed by atoms with Crippen LogP contribution in [0.15, 0.2) is 40.5 Å². The predicted molar refractivity (Wildman–Crippen MR) is 121 cm³/mol. The molecular formula is C22H28N6O3S. The lowest BCUT2D eigenvalue weighted by molar-refractivity contribution is 0.0833. The van der Waals surface area contributed by atoms with E-state index in [1.54, 1.807) is 27.9 Å². The second kappa shape index (κ2) is 6.89. The maximum atomic E-state index is 13.6. The summed E-state index contributed by atoms with van der Waals surface area (Å²) >= 11 is 0. The summed E-state index contributed by atoms with van der Waals surface area (Å²) in [6.07, 6.45) is 6.05. The number of amides is 1. The first kappa shape index (κ1) is 21.1. The van der Waals surface area contributed by atoms with Crippen LogP contribution in [-0.2, 0) is 23.6 Å². The van der Waals surface area contributed by atoms with Crippen molar-refractivity contribution >= 4 is 27.6 Å². The van der Waals surface area contributed by atoms with Crippen molar-refractivity contribution in [2.24, 2.45) is 12.0 Å². The number of carbonyl (C=O) groups excluding carboxylic acids is 1. The van der Waals surface area contributed by atoms with E-state index in [0.29, 0.717) is 30.3 Å². The second-order valence-corrected chi connectivity index (χ2v) is 11.3. The monoisotopic (exact) mass is 456 g/mol. The number of aryl methyl sites for hydroxylation is 1. The summed E-state index contributed by atoms with van der Waals surface area (Å²) in [6, 6.07) is 4.81. The molecule has 1 aliphatic carbocycles. The normalized spacial score (nSPS) is 23.8. The molecule has 1 atom stereocenters. The number of hydrogen-bond acceptors (Lipinski definition) is 6. The minimum atomic E-state index is -3.72. The molecule has 1 aromatic carbocycles. The van der Waals surface area contributed by atoms with E-state index in [0.717, 1.165) is 24.8 Å². The fourth-order valence-electron chi connectivity index (χ4n) is 4.21. The molecule has 1 N–H and O–H groups in total. The molecule has 9 nitrogen and oxygen atoms in total. The molecule has 1 unspecified atom stereocenters. The van der Waals surface area contributed by atoms with Gasteiger partial charge in [-0.3, -0.25) is 14.4 Å². The lowest BCUT2D eigenvalue weighted by Crippen LogP contribution is -2.50. The van der Waals surface area contributed by atoms with Crippen LogP contribution in [0.2, 0.25) is 0 Å². The fourth-order valence-corrected chi connectivity index (χ4v) is 5.71. The Bertz CT molecular complexity index is 1250. The number of sulfonamides is 1. The number of rotatable bonds is 6. The van der Waals surface area contributed by atoms with Gasteiger partial charge < -0.3 is 4.90 Å². The number of benzene rings is 1. The number of carbonyl (C=O) groups is 1. The van der Waals surface area contributed by atoms with Crippen LogP contribution in [-0.4, -0.2) is 52.6 Å². The smallest absolute Gasteiger partial charge is 0.263 e. The van der Waals surface area contributed by atoms with E-state index in [1.165, 1.54) is 6.07 Å². The molecule has 1 fully saturated rings. The molecule has 3 aliphatic rings. The Hall–Kier alpha value is -2.72. The molecular weight excluding hydrogens is 428 g/mol. The van der Waals surface area contributed by atoms with Crippen LogP contribution in [0.1, 0.15) is 56.0 Å². The van der Waals surface area contributed by atoms with Gasteiger partial charge in [0.2, 0.25) is 16.0 Å². The van der Waals surface area contributed by atoms with E-state index in [-0.39, 0.29) is 21.9 Å². The average Bonchev–Trinajstić information content (AvgIpc) is 3.14.